The lowest BCUT2D eigenvalue weighted by molar-refractivity contribution is -0.0661. The Morgan fingerprint density at radius 2 is 1.86 bits per heavy atom. The molecule has 3 heteroatoms. The van der Waals surface area contributed by atoms with Crippen molar-refractivity contribution in [2.24, 2.45) is 0 Å². The van der Waals surface area contributed by atoms with Crippen molar-refractivity contribution in [2.75, 3.05) is 13.2 Å². The van der Waals surface area contributed by atoms with Gasteiger partial charge in [0.15, 0.2) is 0 Å². The van der Waals surface area contributed by atoms with Crippen LogP contribution in [0.1, 0.15) is 23.7 Å². The van der Waals surface area contributed by atoms with Crippen LogP contribution in [0.15, 0.2) is 54.6 Å². The average molecular weight is 281 g/mol. The summed E-state index contributed by atoms with van der Waals surface area (Å²) in [6.45, 7) is 3.42. The first-order chi connectivity index (χ1) is 10.3. The maximum Gasteiger partial charge on any atom is 0.255 e. The molecule has 2 aromatic rings. The normalized spacial score (nSPS) is 18.5. The van der Waals surface area contributed by atoms with Crippen LogP contribution in [0.2, 0.25) is 0 Å². The number of rotatable bonds is 2. The monoisotopic (exact) mass is 281 g/mol. The van der Waals surface area contributed by atoms with Gasteiger partial charge in [0, 0.05) is 12.1 Å². The molecule has 3 nitrogen and oxygen atoms in total. The van der Waals surface area contributed by atoms with Crippen LogP contribution < -0.4 is 0 Å². The van der Waals surface area contributed by atoms with Crippen molar-refractivity contribution < 1.29 is 9.53 Å². The molecule has 1 unspecified atom stereocenters. The molecule has 21 heavy (non-hydrogen) atoms. The van der Waals surface area contributed by atoms with Crippen LogP contribution in [0.25, 0.3) is 11.1 Å². The topological polar surface area (TPSA) is 29.5 Å². The van der Waals surface area contributed by atoms with Crippen LogP contribution in [0, 0.1) is 0 Å². The zero-order valence-corrected chi connectivity index (χ0v) is 12.2. The van der Waals surface area contributed by atoms with Gasteiger partial charge in [-0.3, -0.25) is 4.79 Å². The first kappa shape index (κ1) is 13.8. The first-order valence-electron chi connectivity index (χ1n) is 7.34. The second-order valence-electron chi connectivity index (χ2n) is 5.27. The van der Waals surface area contributed by atoms with Crippen LogP contribution in [-0.2, 0) is 4.74 Å². The Balaban J connectivity index is 1.87. The van der Waals surface area contributed by atoms with Crippen molar-refractivity contribution in [3.8, 4) is 11.1 Å². The van der Waals surface area contributed by atoms with Crippen molar-refractivity contribution in [3.63, 3.8) is 0 Å². The molecule has 0 bridgehead atoms. The molecule has 0 aromatic heterocycles. The van der Waals surface area contributed by atoms with Crippen molar-refractivity contribution in [1.82, 2.24) is 4.90 Å². The van der Waals surface area contributed by atoms with E-state index in [0.29, 0.717) is 5.56 Å². The van der Waals surface area contributed by atoms with E-state index in [0.717, 1.165) is 30.7 Å². The lowest BCUT2D eigenvalue weighted by Gasteiger charge is -2.33. The molecule has 1 heterocycles. The maximum atomic E-state index is 12.6. The number of ether oxygens (including phenoxy) is 1. The molecule has 0 radical (unpaired) electrons. The molecular weight excluding hydrogens is 262 g/mol. The second-order valence-corrected chi connectivity index (χ2v) is 5.27. The summed E-state index contributed by atoms with van der Waals surface area (Å²) in [6.07, 6.45) is 0.751. The van der Waals surface area contributed by atoms with Crippen molar-refractivity contribution >= 4 is 5.91 Å². The van der Waals surface area contributed by atoms with Gasteiger partial charge in [-0.05, 0) is 36.6 Å². The highest BCUT2D eigenvalue weighted by molar-refractivity contribution is 5.95. The molecule has 0 saturated carbocycles. The SMILES string of the molecule is CC1OCCCN1C(=O)c1cccc(-c2ccccc2)c1. The van der Waals surface area contributed by atoms with Gasteiger partial charge in [-0.25, -0.2) is 0 Å². The third kappa shape index (κ3) is 2.98. The summed E-state index contributed by atoms with van der Waals surface area (Å²) in [5, 5.41) is 0. The fourth-order valence-electron chi connectivity index (χ4n) is 2.66. The lowest BCUT2D eigenvalue weighted by Crippen LogP contribution is -2.44. The summed E-state index contributed by atoms with van der Waals surface area (Å²) >= 11 is 0. The molecule has 0 spiro atoms. The van der Waals surface area contributed by atoms with Gasteiger partial charge in [0.25, 0.3) is 5.91 Å². The largest absolute Gasteiger partial charge is 0.359 e. The number of amides is 1. The van der Waals surface area contributed by atoms with E-state index in [2.05, 4.69) is 12.1 Å². The van der Waals surface area contributed by atoms with Gasteiger partial charge in [-0.15, -0.1) is 0 Å². The highest BCUT2D eigenvalue weighted by Gasteiger charge is 2.24. The predicted octanol–water partition coefficient (Wildman–Crippen LogP) is 3.56. The lowest BCUT2D eigenvalue weighted by atomic mass is 10.0. The van der Waals surface area contributed by atoms with Crippen LogP contribution in [0.3, 0.4) is 0 Å². The Hall–Kier alpha value is -2.13. The summed E-state index contributed by atoms with van der Waals surface area (Å²) in [6, 6.07) is 17.9. The zero-order valence-electron chi connectivity index (χ0n) is 12.2. The van der Waals surface area contributed by atoms with Crippen molar-refractivity contribution in [3.05, 3.63) is 60.2 Å². The Morgan fingerprint density at radius 1 is 1.10 bits per heavy atom. The molecule has 1 amide bonds. The molecular formula is C18H19NO2. The van der Waals surface area contributed by atoms with Gasteiger partial charge in [0.05, 0.1) is 6.61 Å². The molecule has 1 saturated heterocycles. The van der Waals surface area contributed by atoms with E-state index in [-0.39, 0.29) is 12.1 Å². The van der Waals surface area contributed by atoms with E-state index in [1.165, 1.54) is 0 Å². The third-order valence-electron chi connectivity index (χ3n) is 3.82. The van der Waals surface area contributed by atoms with E-state index in [1.54, 1.807) is 4.90 Å². The fourth-order valence-corrected chi connectivity index (χ4v) is 2.66. The summed E-state index contributed by atoms with van der Waals surface area (Å²) in [5.41, 5.74) is 2.90. The minimum absolute atomic E-state index is 0.0416. The van der Waals surface area contributed by atoms with Crippen molar-refractivity contribution in [2.45, 2.75) is 19.6 Å². The molecule has 1 atom stereocenters. The minimum Gasteiger partial charge on any atom is -0.359 e. The smallest absolute Gasteiger partial charge is 0.255 e. The molecule has 0 N–H and O–H groups in total. The number of nitrogens with zero attached hydrogens (tertiary/aromatic N) is 1. The number of hydrogen-bond acceptors (Lipinski definition) is 2. The Labute approximate surface area is 125 Å². The number of benzene rings is 2. The Morgan fingerprint density at radius 3 is 2.62 bits per heavy atom. The molecule has 2 aromatic carbocycles. The zero-order chi connectivity index (χ0) is 14.7. The summed E-state index contributed by atoms with van der Waals surface area (Å²) in [7, 11) is 0. The minimum atomic E-state index is -0.147. The quantitative estimate of drug-likeness (QED) is 0.842. The Kier molecular flexibility index (Phi) is 4.02. The van der Waals surface area contributed by atoms with Gasteiger partial charge >= 0.3 is 0 Å². The van der Waals surface area contributed by atoms with Gasteiger partial charge in [0.1, 0.15) is 6.23 Å². The molecule has 108 valence electrons. The average Bonchev–Trinajstić information content (AvgIpc) is 2.56. The van der Waals surface area contributed by atoms with Crippen LogP contribution >= 0.6 is 0 Å². The summed E-state index contributed by atoms with van der Waals surface area (Å²) in [4.78, 5) is 14.4. The van der Waals surface area contributed by atoms with Gasteiger partial charge in [-0.2, -0.15) is 0 Å². The highest BCUT2D eigenvalue weighted by atomic mass is 16.5. The van der Waals surface area contributed by atoms with Gasteiger partial charge in [0.2, 0.25) is 0 Å². The summed E-state index contributed by atoms with van der Waals surface area (Å²) < 4.78 is 5.55. The fraction of sp³-hybridized carbons (Fsp3) is 0.278. The first-order valence-corrected chi connectivity index (χ1v) is 7.34. The maximum absolute atomic E-state index is 12.6. The predicted molar refractivity (Wildman–Crippen MR) is 82.9 cm³/mol. The molecule has 1 fully saturated rings. The van der Waals surface area contributed by atoms with Gasteiger partial charge < -0.3 is 9.64 Å². The number of carbonyl (C=O) groups is 1. The highest BCUT2D eigenvalue weighted by Crippen LogP contribution is 2.22. The van der Waals surface area contributed by atoms with Crippen LogP contribution in [0.5, 0.6) is 0 Å². The summed E-state index contributed by atoms with van der Waals surface area (Å²) in [5.74, 6) is 0.0416. The number of carbonyl (C=O) groups excluding carboxylic acids is 1. The number of hydrogen-bond donors (Lipinski definition) is 0. The standard InChI is InChI=1S/C18H19NO2/c1-14-19(11-6-12-21-14)18(20)17-10-5-9-16(13-17)15-7-3-2-4-8-15/h2-5,7-10,13-14H,6,11-12H2,1H3. The van der Waals surface area contributed by atoms with E-state index in [4.69, 9.17) is 4.74 Å². The van der Waals surface area contributed by atoms with E-state index in [9.17, 15) is 4.79 Å². The van der Waals surface area contributed by atoms with E-state index < -0.39 is 0 Å². The molecule has 3 rings (SSSR count). The molecule has 1 aliphatic heterocycles. The molecule has 1 aliphatic rings. The second kappa shape index (κ2) is 6.10. The molecule has 0 aliphatic carbocycles. The van der Waals surface area contributed by atoms with E-state index >= 15 is 0 Å². The van der Waals surface area contributed by atoms with Crippen molar-refractivity contribution in [1.29, 1.82) is 0 Å². The Bertz CT molecular complexity index is 624. The van der Waals surface area contributed by atoms with Crippen LogP contribution in [0.4, 0.5) is 0 Å². The van der Waals surface area contributed by atoms with Gasteiger partial charge in [-0.1, -0.05) is 42.5 Å². The van der Waals surface area contributed by atoms with Crippen LogP contribution in [-0.4, -0.2) is 30.2 Å². The van der Waals surface area contributed by atoms with E-state index in [1.807, 2.05) is 49.4 Å². The third-order valence-corrected chi connectivity index (χ3v) is 3.82.